The summed E-state index contributed by atoms with van der Waals surface area (Å²) < 4.78 is 0. The minimum Gasteiger partial charge on any atom is -0.480 e. The number of H-pyrrole nitrogens is 1. The molecular formula is C19H25N5O3. The Bertz CT molecular complexity index is 854. The van der Waals surface area contributed by atoms with E-state index in [0.29, 0.717) is 5.92 Å². The summed E-state index contributed by atoms with van der Waals surface area (Å²) in [6.07, 6.45) is 5.77. The molecule has 2 saturated carbocycles. The van der Waals surface area contributed by atoms with E-state index in [1.54, 1.807) is 6.20 Å². The van der Waals surface area contributed by atoms with Crippen LogP contribution < -0.4 is 10.6 Å². The maximum Gasteiger partial charge on any atom is 0.319 e. The summed E-state index contributed by atoms with van der Waals surface area (Å²) in [6, 6.07) is 3.88. The Kier molecular flexibility index (Phi) is 4.73. The van der Waals surface area contributed by atoms with Gasteiger partial charge in [-0.1, -0.05) is 0 Å². The molecule has 1 aromatic carbocycles. The van der Waals surface area contributed by atoms with Gasteiger partial charge >= 0.3 is 12.0 Å². The van der Waals surface area contributed by atoms with Gasteiger partial charge in [-0.15, -0.1) is 0 Å². The number of aromatic amines is 1. The molecule has 0 unspecified atom stereocenters. The van der Waals surface area contributed by atoms with Gasteiger partial charge in [0, 0.05) is 29.7 Å². The highest BCUT2D eigenvalue weighted by atomic mass is 16.4. The molecule has 0 saturated heterocycles. The van der Waals surface area contributed by atoms with Gasteiger partial charge in [-0.3, -0.25) is 14.8 Å². The van der Waals surface area contributed by atoms with Crippen LogP contribution in [0.25, 0.3) is 10.9 Å². The molecule has 1 heterocycles. The van der Waals surface area contributed by atoms with Gasteiger partial charge < -0.3 is 15.7 Å². The maximum absolute atomic E-state index is 12.3. The zero-order valence-electron chi connectivity index (χ0n) is 15.4. The maximum atomic E-state index is 12.3. The van der Waals surface area contributed by atoms with Crippen molar-refractivity contribution in [1.29, 1.82) is 0 Å². The molecule has 4 N–H and O–H groups in total. The lowest BCUT2D eigenvalue weighted by atomic mass is 9.85. The minimum absolute atomic E-state index is 0.0856. The topological polar surface area (TPSA) is 110 Å². The summed E-state index contributed by atoms with van der Waals surface area (Å²) in [7, 11) is 0. The zero-order chi connectivity index (χ0) is 19.0. The third-order valence-corrected chi connectivity index (χ3v) is 5.52. The molecule has 8 nitrogen and oxygen atoms in total. The number of hydrogen-bond acceptors (Lipinski definition) is 4. The number of anilines is 1. The molecule has 2 aliphatic carbocycles. The van der Waals surface area contributed by atoms with Crippen LogP contribution in [0.2, 0.25) is 0 Å². The number of rotatable bonds is 7. The third-order valence-electron chi connectivity index (χ3n) is 5.52. The number of carbonyl (C=O) groups excluding carboxylic acids is 1. The summed E-state index contributed by atoms with van der Waals surface area (Å²) in [4.78, 5) is 25.4. The summed E-state index contributed by atoms with van der Waals surface area (Å²) in [6.45, 7) is 2.93. The number of carboxylic acid groups (broad SMARTS) is 1. The summed E-state index contributed by atoms with van der Waals surface area (Å²) >= 11 is 0. The van der Waals surface area contributed by atoms with E-state index in [1.807, 2.05) is 19.1 Å². The van der Waals surface area contributed by atoms with E-state index < -0.39 is 5.97 Å². The molecule has 2 aromatic rings. The van der Waals surface area contributed by atoms with Crippen LogP contribution in [0.4, 0.5) is 10.5 Å². The number of urea groups is 1. The number of nitrogens with zero attached hydrogens (tertiary/aromatic N) is 2. The highest BCUT2D eigenvalue weighted by molar-refractivity contribution is 5.93. The van der Waals surface area contributed by atoms with Gasteiger partial charge in [-0.2, -0.15) is 5.10 Å². The molecule has 0 spiro atoms. The number of benzene rings is 1. The largest absolute Gasteiger partial charge is 0.480 e. The van der Waals surface area contributed by atoms with E-state index in [4.69, 9.17) is 5.11 Å². The van der Waals surface area contributed by atoms with Crippen molar-refractivity contribution in [1.82, 2.24) is 20.4 Å². The van der Waals surface area contributed by atoms with Crippen molar-refractivity contribution in [2.24, 2.45) is 5.92 Å². The number of nitrogens with one attached hydrogen (secondary N) is 3. The number of fused-ring (bicyclic) bond motifs is 1. The molecule has 0 bridgehead atoms. The number of carbonyl (C=O) groups is 2. The average Bonchev–Trinajstić information content (AvgIpc) is 3.23. The van der Waals surface area contributed by atoms with Gasteiger partial charge in [0.1, 0.15) is 0 Å². The van der Waals surface area contributed by atoms with Crippen molar-refractivity contribution in [3.8, 4) is 0 Å². The van der Waals surface area contributed by atoms with Gasteiger partial charge in [0.2, 0.25) is 0 Å². The van der Waals surface area contributed by atoms with Crippen LogP contribution in [0.1, 0.15) is 31.2 Å². The normalized spacial score (nSPS) is 21.9. The van der Waals surface area contributed by atoms with Crippen molar-refractivity contribution in [2.45, 2.75) is 44.7 Å². The fourth-order valence-corrected chi connectivity index (χ4v) is 3.81. The van der Waals surface area contributed by atoms with Crippen molar-refractivity contribution in [3.05, 3.63) is 23.9 Å². The van der Waals surface area contributed by atoms with Gasteiger partial charge in [-0.05, 0) is 56.2 Å². The molecule has 1 aromatic heterocycles. The quantitative estimate of drug-likeness (QED) is 0.597. The van der Waals surface area contributed by atoms with Crippen LogP contribution in [-0.2, 0) is 4.79 Å². The smallest absolute Gasteiger partial charge is 0.319 e. The highest BCUT2D eigenvalue weighted by Gasteiger charge is 2.37. The second-order valence-corrected chi connectivity index (χ2v) is 7.81. The highest BCUT2D eigenvalue weighted by Crippen LogP contribution is 2.33. The Balaban J connectivity index is 1.28. The SMILES string of the molecule is Cc1cc(NC(=O)NC2CC(N(CC(=O)O)CC3CC3)C2)cc2[nH]ncc12. The predicted molar refractivity (Wildman–Crippen MR) is 102 cm³/mol. The number of carboxylic acids is 1. The molecule has 144 valence electrons. The lowest BCUT2D eigenvalue weighted by Gasteiger charge is -2.42. The van der Waals surface area contributed by atoms with E-state index in [9.17, 15) is 9.59 Å². The monoisotopic (exact) mass is 371 g/mol. The standard InChI is InChI=1S/C19H25N5O3/c1-11-4-13(7-17-16(11)8-20-23-17)21-19(27)22-14-5-15(6-14)24(10-18(25)26)9-12-2-3-12/h4,7-8,12,14-15H,2-3,5-6,9-10H2,1H3,(H,20,23)(H,25,26)(H2,21,22,27). The summed E-state index contributed by atoms with van der Waals surface area (Å²) in [5, 5.41) is 23.0. The molecule has 2 amide bonds. The van der Waals surface area contributed by atoms with Crippen molar-refractivity contribution >= 4 is 28.6 Å². The van der Waals surface area contributed by atoms with E-state index in [0.717, 1.165) is 41.5 Å². The first-order valence-electron chi connectivity index (χ1n) is 9.45. The van der Waals surface area contributed by atoms with Crippen LogP contribution >= 0.6 is 0 Å². The van der Waals surface area contributed by atoms with Crippen LogP contribution in [0.5, 0.6) is 0 Å². The first kappa shape index (κ1) is 17.8. The van der Waals surface area contributed by atoms with Crippen LogP contribution in [0.15, 0.2) is 18.3 Å². The molecule has 0 atom stereocenters. The second kappa shape index (κ2) is 7.19. The first-order chi connectivity index (χ1) is 13.0. The Morgan fingerprint density at radius 1 is 1.33 bits per heavy atom. The van der Waals surface area contributed by atoms with Crippen molar-refractivity contribution < 1.29 is 14.7 Å². The number of aromatic nitrogens is 2. The van der Waals surface area contributed by atoms with Gasteiger partial charge in [0.05, 0.1) is 18.3 Å². The van der Waals surface area contributed by atoms with Crippen molar-refractivity contribution in [3.63, 3.8) is 0 Å². The Morgan fingerprint density at radius 3 is 2.81 bits per heavy atom. The number of hydrogen-bond donors (Lipinski definition) is 4. The average molecular weight is 371 g/mol. The Hall–Kier alpha value is -2.61. The number of aliphatic carboxylic acids is 1. The fourth-order valence-electron chi connectivity index (χ4n) is 3.81. The molecule has 0 radical (unpaired) electrons. The van der Waals surface area contributed by atoms with E-state index in [1.165, 1.54) is 12.8 Å². The van der Waals surface area contributed by atoms with Gasteiger partial charge in [-0.25, -0.2) is 4.79 Å². The Labute approximate surface area is 157 Å². The van der Waals surface area contributed by atoms with Gasteiger partial charge in [0.25, 0.3) is 0 Å². The van der Waals surface area contributed by atoms with Crippen LogP contribution in [0.3, 0.4) is 0 Å². The van der Waals surface area contributed by atoms with E-state index >= 15 is 0 Å². The van der Waals surface area contributed by atoms with Crippen LogP contribution in [-0.4, -0.2) is 57.4 Å². The van der Waals surface area contributed by atoms with E-state index in [2.05, 4.69) is 25.7 Å². The van der Waals surface area contributed by atoms with Crippen LogP contribution in [0, 0.1) is 12.8 Å². The molecular weight excluding hydrogens is 346 g/mol. The van der Waals surface area contributed by atoms with Crippen molar-refractivity contribution in [2.75, 3.05) is 18.4 Å². The molecule has 0 aliphatic heterocycles. The molecule has 2 fully saturated rings. The fraction of sp³-hybridized carbons (Fsp3) is 0.526. The molecule has 8 heteroatoms. The lowest BCUT2D eigenvalue weighted by molar-refractivity contribution is -0.139. The predicted octanol–water partition coefficient (Wildman–Crippen LogP) is 2.32. The van der Waals surface area contributed by atoms with Gasteiger partial charge in [0.15, 0.2) is 0 Å². The zero-order valence-corrected chi connectivity index (χ0v) is 15.4. The van der Waals surface area contributed by atoms with E-state index in [-0.39, 0.29) is 24.7 Å². The summed E-state index contributed by atoms with van der Waals surface area (Å²) in [5.74, 6) is -0.130. The minimum atomic E-state index is -0.783. The molecule has 27 heavy (non-hydrogen) atoms. The molecule has 2 aliphatic rings. The first-order valence-corrected chi connectivity index (χ1v) is 9.45. The third kappa shape index (κ3) is 4.21. The number of aryl methyl sites for hydroxylation is 1. The summed E-state index contributed by atoms with van der Waals surface area (Å²) in [5.41, 5.74) is 2.65. The number of amides is 2. The Morgan fingerprint density at radius 2 is 2.11 bits per heavy atom. The lowest BCUT2D eigenvalue weighted by Crippen LogP contribution is -2.55. The second-order valence-electron chi connectivity index (χ2n) is 7.81. The molecule has 4 rings (SSSR count).